The third-order valence-electron chi connectivity index (χ3n) is 3.57. The summed E-state index contributed by atoms with van der Waals surface area (Å²) >= 11 is -2.49. The molecule has 0 amide bonds. The van der Waals surface area contributed by atoms with E-state index in [2.05, 4.69) is 63.2 Å². The van der Waals surface area contributed by atoms with Gasteiger partial charge in [-0.3, -0.25) is 0 Å². The van der Waals surface area contributed by atoms with Gasteiger partial charge < -0.3 is 0 Å². The normalized spacial score (nSPS) is 16.5. The van der Waals surface area contributed by atoms with E-state index in [0.29, 0.717) is 6.61 Å². The van der Waals surface area contributed by atoms with Crippen molar-refractivity contribution in [3.05, 3.63) is 59.7 Å². The van der Waals surface area contributed by atoms with E-state index in [0.717, 1.165) is 11.5 Å². The van der Waals surface area contributed by atoms with Gasteiger partial charge in [-0.25, -0.2) is 0 Å². The van der Waals surface area contributed by atoms with Crippen LogP contribution in [0.3, 0.4) is 0 Å². The van der Waals surface area contributed by atoms with Crippen LogP contribution in [0, 0.1) is 6.92 Å². The second kappa shape index (κ2) is 6.30. The fourth-order valence-electron chi connectivity index (χ4n) is 2.36. The number of rotatable bonds is 3. The van der Waals surface area contributed by atoms with Crippen LogP contribution in [0.1, 0.15) is 25.0 Å². The van der Waals surface area contributed by atoms with E-state index in [1.165, 1.54) is 12.1 Å². The molecule has 2 nitrogen and oxygen atoms in total. The van der Waals surface area contributed by atoms with Crippen LogP contribution in [0.25, 0.3) is 0 Å². The number of aliphatic imine (C=N–C) groups is 1. The molecule has 2 aromatic rings. The summed E-state index contributed by atoms with van der Waals surface area (Å²) in [6.07, 6.45) is 0. The number of benzene rings is 2. The van der Waals surface area contributed by atoms with Crippen LogP contribution < -0.4 is 6.54 Å². The van der Waals surface area contributed by atoms with E-state index < -0.39 is 20.6 Å². The van der Waals surface area contributed by atoms with Crippen LogP contribution in [-0.4, -0.2) is 38.6 Å². The van der Waals surface area contributed by atoms with E-state index in [1.54, 1.807) is 0 Å². The predicted octanol–water partition coefficient (Wildman–Crippen LogP) is 2.89. The third kappa shape index (κ3) is 3.36. The monoisotopic (exact) mass is 509 g/mol. The Morgan fingerprint density at radius 2 is 1.77 bits per heavy atom. The third-order valence-corrected chi connectivity index (χ3v) is 13.0. The van der Waals surface area contributed by atoms with Gasteiger partial charge in [0.15, 0.2) is 0 Å². The Hall–Kier alpha value is -0.917. The minimum absolute atomic E-state index is 0.150. The van der Waals surface area contributed by atoms with E-state index in [9.17, 15) is 0 Å². The van der Waals surface area contributed by atoms with E-state index in [1.807, 2.05) is 6.07 Å². The van der Waals surface area contributed by atoms with Gasteiger partial charge in [0.1, 0.15) is 0 Å². The van der Waals surface area contributed by atoms with Crippen molar-refractivity contribution in [1.82, 2.24) is 0 Å². The second-order valence-electron chi connectivity index (χ2n) is 6.15. The average molecular weight is 510 g/mol. The molecule has 0 atom stereocenters. The van der Waals surface area contributed by atoms with Crippen molar-refractivity contribution in [2.75, 3.05) is 6.61 Å². The molecule has 0 aromatic heterocycles. The molecule has 0 saturated heterocycles. The summed E-state index contributed by atoms with van der Waals surface area (Å²) < 4.78 is 8.34. The van der Waals surface area contributed by atoms with Gasteiger partial charge in [0.05, 0.1) is 0 Å². The fraction of sp³-hybridized carbons (Fsp3) is 0.278. The maximum atomic E-state index is 6.93. The van der Waals surface area contributed by atoms with Crippen molar-refractivity contribution in [3.8, 4) is 0 Å². The summed E-state index contributed by atoms with van der Waals surface area (Å²) in [4.78, 5) is 4.71. The quantitative estimate of drug-likeness (QED) is 0.583. The van der Waals surface area contributed by atoms with Gasteiger partial charge >= 0.3 is 144 Å². The van der Waals surface area contributed by atoms with Gasteiger partial charge in [-0.15, -0.1) is 0 Å². The topological polar surface area (TPSA) is 21.6 Å². The van der Waals surface area contributed by atoms with Crippen molar-refractivity contribution in [1.29, 1.82) is 0 Å². The Morgan fingerprint density at radius 1 is 1.09 bits per heavy atom. The summed E-state index contributed by atoms with van der Waals surface area (Å²) in [5.74, 6) is 0.744. The van der Waals surface area contributed by atoms with E-state index >= 15 is 0 Å². The maximum absolute atomic E-state index is 6.93. The van der Waals surface area contributed by atoms with Gasteiger partial charge in [-0.05, 0) is 0 Å². The molecule has 0 unspecified atom stereocenters. The molecular weight excluding hydrogens is 491 g/mol. The Labute approximate surface area is 143 Å². The average Bonchev–Trinajstić information content (AvgIpc) is 2.87. The molecule has 0 aliphatic carbocycles. The van der Waals surface area contributed by atoms with Gasteiger partial charge in [-0.2, -0.15) is 0 Å². The van der Waals surface area contributed by atoms with Crippen LogP contribution in [0.15, 0.2) is 53.5 Å². The number of ether oxygens (including phenoxy) is 1. The van der Waals surface area contributed by atoms with Crippen molar-refractivity contribution < 1.29 is 4.74 Å². The van der Waals surface area contributed by atoms with E-state index in [4.69, 9.17) is 18.2 Å². The summed E-state index contributed by atoms with van der Waals surface area (Å²) in [5.41, 5.74) is 2.18. The molecule has 3 rings (SSSR count). The number of halogens is 1. The molecule has 0 spiro atoms. The van der Waals surface area contributed by atoms with Crippen LogP contribution >= 0.6 is 8.51 Å². The molecule has 1 aliphatic rings. The summed E-state index contributed by atoms with van der Waals surface area (Å²) in [6.45, 7) is 6.90. The summed E-state index contributed by atoms with van der Waals surface area (Å²) in [5, 5.41) is 0. The summed E-state index contributed by atoms with van der Waals surface area (Å²) in [6, 6.07) is 16.9. The molecule has 0 radical (unpaired) electrons. The molecular formula is C18H19BiClNO. The van der Waals surface area contributed by atoms with Gasteiger partial charge in [0.2, 0.25) is 0 Å². The number of nitrogens with zero attached hydrogens (tertiary/aromatic N) is 1. The molecule has 0 fully saturated rings. The molecule has 114 valence electrons. The zero-order chi connectivity index (χ0) is 15.7. The molecule has 4 heteroatoms. The molecule has 2 aromatic carbocycles. The van der Waals surface area contributed by atoms with Gasteiger partial charge in [0.25, 0.3) is 0 Å². The first-order valence-corrected chi connectivity index (χ1v) is 15.1. The van der Waals surface area contributed by atoms with Crippen molar-refractivity contribution in [2.24, 2.45) is 4.99 Å². The first-order valence-electron chi connectivity index (χ1n) is 7.31. The van der Waals surface area contributed by atoms with Crippen LogP contribution in [0.4, 0.5) is 0 Å². The van der Waals surface area contributed by atoms with Crippen LogP contribution in [0.2, 0.25) is 0 Å². The Morgan fingerprint density at radius 3 is 2.41 bits per heavy atom. The first-order chi connectivity index (χ1) is 10.5. The van der Waals surface area contributed by atoms with E-state index in [-0.39, 0.29) is 5.54 Å². The first kappa shape index (κ1) is 16.0. The van der Waals surface area contributed by atoms with Crippen molar-refractivity contribution in [3.63, 3.8) is 0 Å². The second-order valence-corrected chi connectivity index (χ2v) is 15.2. The zero-order valence-electron chi connectivity index (χ0n) is 13.0. The van der Waals surface area contributed by atoms with Crippen LogP contribution in [-0.2, 0) is 4.74 Å². The molecule has 1 aliphatic heterocycles. The Balaban J connectivity index is 2.00. The molecule has 1 heterocycles. The van der Waals surface area contributed by atoms with Gasteiger partial charge in [-0.1, -0.05) is 0 Å². The fourth-order valence-corrected chi connectivity index (χ4v) is 9.65. The molecule has 0 bridgehead atoms. The number of hydrogen-bond donors (Lipinski definition) is 0. The standard InChI is InChI=1S/C11H12NO.C7H7.Bi.ClH/c1-11(2)8-13-10(12-11)9-6-4-3-5-7-9;1-7-5-3-2-4-6-7;;/h3-6H,8H2,1-2H3;3-6H,1H3;;1H/q;;+1;/p-1. The molecule has 0 N–H and O–H groups in total. The van der Waals surface area contributed by atoms with Crippen LogP contribution in [0.5, 0.6) is 0 Å². The minimum atomic E-state index is -2.49. The number of hydrogen-bond acceptors (Lipinski definition) is 2. The van der Waals surface area contributed by atoms with Crippen molar-refractivity contribution >= 4 is 41.5 Å². The van der Waals surface area contributed by atoms with Gasteiger partial charge in [0, 0.05) is 0 Å². The molecule has 22 heavy (non-hydrogen) atoms. The zero-order valence-corrected chi connectivity index (χ0v) is 17.2. The SMILES string of the molecule is Cc1cc[c]([Bi]([Cl])[c]2ccccc2C2=NC(C)(C)CO2)cc1. The van der Waals surface area contributed by atoms with Crippen molar-refractivity contribution in [2.45, 2.75) is 26.3 Å². The summed E-state index contributed by atoms with van der Waals surface area (Å²) in [7, 11) is 6.93. The predicted molar refractivity (Wildman–Crippen MR) is 95.1 cm³/mol. The number of aryl methyl sites for hydroxylation is 1. The molecule has 0 saturated carbocycles. The Kier molecular flexibility index (Phi) is 4.57. The Bertz CT molecular complexity index is 709.